The van der Waals surface area contributed by atoms with E-state index in [0.717, 1.165) is 0 Å². The second-order valence-corrected chi connectivity index (χ2v) is 12.8. The first-order chi connectivity index (χ1) is 18.3. The number of rotatable bonds is 3. The molecule has 10 heteroatoms. The van der Waals surface area contributed by atoms with Crippen molar-refractivity contribution in [1.82, 2.24) is 15.1 Å². The average molecular weight is 576 g/mol. The van der Waals surface area contributed by atoms with Crippen LogP contribution in [0.1, 0.15) is 51.2 Å². The number of piperazine rings is 1. The molecule has 2 saturated heterocycles. The molecule has 1 spiro atoms. The van der Waals surface area contributed by atoms with Crippen molar-refractivity contribution in [2.24, 2.45) is 5.41 Å². The van der Waals surface area contributed by atoms with Gasteiger partial charge in [0.2, 0.25) is 17.7 Å². The lowest BCUT2D eigenvalue weighted by Gasteiger charge is -2.39. The third kappa shape index (κ3) is 4.81. The first-order valence-electron chi connectivity index (χ1n) is 13.2. The number of nitrogens with zero attached hydrogens (tertiary/aromatic N) is 2. The van der Waals surface area contributed by atoms with Gasteiger partial charge >= 0.3 is 0 Å². The fraction of sp³-hybridized carbons (Fsp3) is 0.483. The molecule has 2 N–H and O–H groups in total. The summed E-state index contributed by atoms with van der Waals surface area (Å²) in [6.45, 7) is 9.41. The van der Waals surface area contributed by atoms with Gasteiger partial charge in [-0.1, -0.05) is 56.1 Å². The Bertz CT molecular complexity index is 1340. The second kappa shape index (κ2) is 10.1. The van der Waals surface area contributed by atoms with Gasteiger partial charge in [-0.15, -0.1) is 0 Å². The van der Waals surface area contributed by atoms with Crippen molar-refractivity contribution in [1.29, 1.82) is 0 Å². The van der Waals surface area contributed by atoms with Crippen LogP contribution in [0.5, 0.6) is 0 Å². The van der Waals surface area contributed by atoms with Crippen LogP contribution in [0, 0.1) is 11.2 Å². The number of anilines is 1. The lowest BCUT2D eigenvalue weighted by atomic mass is 9.62. The van der Waals surface area contributed by atoms with Crippen molar-refractivity contribution in [2.45, 2.75) is 57.5 Å². The SMILES string of the molecule is CC(=O)N1CCN(C(=O)[C@@H]2N[C@H](CC(C)(C)C)[C@]3(C(=O)Nc4cc(Cl)c(F)cc43)[C@H]2c2cccc(Cl)c2)CC1. The molecule has 208 valence electrons. The van der Waals surface area contributed by atoms with Crippen molar-refractivity contribution in [3.05, 3.63) is 63.4 Å². The van der Waals surface area contributed by atoms with Crippen molar-refractivity contribution in [3.8, 4) is 0 Å². The summed E-state index contributed by atoms with van der Waals surface area (Å²) in [6.07, 6.45) is 0.545. The van der Waals surface area contributed by atoms with E-state index in [1.165, 1.54) is 19.1 Å². The predicted molar refractivity (Wildman–Crippen MR) is 150 cm³/mol. The Morgan fingerprint density at radius 2 is 1.74 bits per heavy atom. The van der Waals surface area contributed by atoms with E-state index in [4.69, 9.17) is 23.2 Å². The smallest absolute Gasteiger partial charge is 0.240 e. The van der Waals surface area contributed by atoms with Gasteiger partial charge in [0.05, 0.1) is 11.1 Å². The number of amides is 3. The zero-order chi connectivity index (χ0) is 28.3. The average Bonchev–Trinajstić information content (AvgIpc) is 3.33. The minimum Gasteiger partial charge on any atom is -0.339 e. The highest BCUT2D eigenvalue weighted by Crippen LogP contribution is 2.57. The third-order valence-electron chi connectivity index (χ3n) is 8.21. The van der Waals surface area contributed by atoms with Crippen LogP contribution < -0.4 is 10.6 Å². The number of halogens is 3. The van der Waals surface area contributed by atoms with Gasteiger partial charge in [0, 0.05) is 55.8 Å². The zero-order valence-corrected chi connectivity index (χ0v) is 24.0. The third-order valence-corrected chi connectivity index (χ3v) is 8.74. The van der Waals surface area contributed by atoms with Crippen LogP contribution in [-0.2, 0) is 19.8 Å². The van der Waals surface area contributed by atoms with E-state index in [0.29, 0.717) is 54.4 Å². The van der Waals surface area contributed by atoms with Gasteiger partial charge in [0.1, 0.15) is 11.2 Å². The van der Waals surface area contributed by atoms with Crippen molar-refractivity contribution < 1.29 is 18.8 Å². The molecular formula is C29H33Cl2FN4O3. The summed E-state index contributed by atoms with van der Waals surface area (Å²) in [5, 5.41) is 6.90. The molecular weight excluding hydrogens is 542 g/mol. The molecule has 0 saturated carbocycles. The topological polar surface area (TPSA) is 81.8 Å². The Morgan fingerprint density at radius 3 is 2.36 bits per heavy atom. The van der Waals surface area contributed by atoms with Gasteiger partial charge in [-0.3, -0.25) is 14.4 Å². The molecule has 7 nitrogen and oxygen atoms in total. The van der Waals surface area contributed by atoms with Crippen LogP contribution in [-0.4, -0.2) is 65.8 Å². The Morgan fingerprint density at radius 1 is 1.08 bits per heavy atom. The zero-order valence-electron chi connectivity index (χ0n) is 22.5. The maximum Gasteiger partial charge on any atom is 0.240 e. The summed E-state index contributed by atoms with van der Waals surface area (Å²) < 4.78 is 15.0. The van der Waals surface area contributed by atoms with Gasteiger partial charge in [0.25, 0.3) is 0 Å². The van der Waals surface area contributed by atoms with Gasteiger partial charge in [-0.25, -0.2) is 4.39 Å². The normalized spacial score (nSPS) is 26.6. The Kier molecular flexibility index (Phi) is 7.19. The molecule has 0 unspecified atom stereocenters. The summed E-state index contributed by atoms with van der Waals surface area (Å²) in [4.78, 5) is 43.8. The molecule has 0 aliphatic carbocycles. The Labute approximate surface area is 238 Å². The molecule has 39 heavy (non-hydrogen) atoms. The van der Waals surface area contributed by atoms with Gasteiger partial charge in [0.15, 0.2) is 0 Å². The molecule has 0 radical (unpaired) electrons. The summed E-state index contributed by atoms with van der Waals surface area (Å²) in [5.41, 5.74) is 0.133. The Hall–Kier alpha value is -2.68. The van der Waals surface area contributed by atoms with Crippen LogP contribution in [0.2, 0.25) is 10.0 Å². The minimum atomic E-state index is -1.29. The Balaban J connectivity index is 1.67. The lowest BCUT2D eigenvalue weighted by Crippen LogP contribution is -2.55. The number of carbonyl (C=O) groups excluding carboxylic acids is 3. The molecule has 3 amide bonds. The molecule has 0 aromatic heterocycles. The maximum absolute atomic E-state index is 15.0. The summed E-state index contributed by atoms with van der Waals surface area (Å²) in [6, 6.07) is 8.69. The molecule has 2 aromatic carbocycles. The van der Waals surface area contributed by atoms with E-state index in [1.54, 1.807) is 28.0 Å². The quantitative estimate of drug-likeness (QED) is 0.562. The van der Waals surface area contributed by atoms with E-state index in [2.05, 4.69) is 31.4 Å². The predicted octanol–water partition coefficient (Wildman–Crippen LogP) is 4.57. The first kappa shape index (κ1) is 27.9. The number of hydrogen-bond donors (Lipinski definition) is 2. The number of fused-ring (bicyclic) bond motifs is 2. The molecule has 5 rings (SSSR count). The minimum absolute atomic E-state index is 0.0259. The van der Waals surface area contributed by atoms with E-state index >= 15 is 4.39 Å². The van der Waals surface area contributed by atoms with E-state index in [1.807, 2.05) is 6.07 Å². The summed E-state index contributed by atoms with van der Waals surface area (Å²) >= 11 is 12.6. The number of benzene rings is 2. The maximum atomic E-state index is 15.0. The van der Waals surface area contributed by atoms with E-state index in [-0.39, 0.29) is 28.2 Å². The first-order valence-corrected chi connectivity index (χ1v) is 14.0. The molecule has 4 atom stereocenters. The monoisotopic (exact) mass is 574 g/mol. The fourth-order valence-electron chi connectivity index (χ4n) is 6.56. The van der Waals surface area contributed by atoms with Crippen molar-refractivity contribution >= 4 is 46.6 Å². The highest BCUT2D eigenvalue weighted by atomic mass is 35.5. The van der Waals surface area contributed by atoms with Crippen LogP contribution in [0.25, 0.3) is 0 Å². The number of nitrogens with one attached hydrogen (secondary N) is 2. The van der Waals surface area contributed by atoms with Gasteiger partial charge in [-0.2, -0.15) is 0 Å². The molecule has 0 bridgehead atoms. The molecule has 2 fully saturated rings. The number of carbonyl (C=O) groups is 3. The van der Waals surface area contributed by atoms with Gasteiger partial charge < -0.3 is 20.4 Å². The molecule has 3 aliphatic rings. The molecule has 2 aromatic rings. The summed E-state index contributed by atoms with van der Waals surface area (Å²) in [7, 11) is 0. The standard InChI is InChI=1S/C29H33Cl2FN4O3/c1-16(37)35-8-10-36(11-9-35)26(38)25-24(17-6-5-7-18(30)12-17)29(23(34-25)15-28(2,3)4)19-13-21(32)20(31)14-22(19)33-27(29)39/h5-7,12-14,23-25,34H,8-11,15H2,1-4H3,(H,33,39)/t23-,24+,25-,29+/m1/s1. The van der Waals surface area contributed by atoms with E-state index < -0.39 is 29.2 Å². The summed E-state index contributed by atoms with van der Waals surface area (Å²) in [5.74, 6) is -1.79. The van der Waals surface area contributed by atoms with Crippen LogP contribution in [0.15, 0.2) is 36.4 Å². The van der Waals surface area contributed by atoms with Gasteiger partial charge in [-0.05, 0) is 47.2 Å². The molecule has 3 heterocycles. The van der Waals surface area contributed by atoms with Crippen LogP contribution in [0.4, 0.5) is 10.1 Å². The highest BCUT2D eigenvalue weighted by molar-refractivity contribution is 6.31. The second-order valence-electron chi connectivity index (χ2n) is 12.0. The van der Waals surface area contributed by atoms with Crippen molar-refractivity contribution in [3.63, 3.8) is 0 Å². The van der Waals surface area contributed by atoms with E-state index in [9.17, 15) is 14.4 Å². The number of hydrogen-bond acceptors (Lipinski definition) is 4. The fourth-order valence-corrected chi connectivity index (χ4v) is 6.92. The molecule has 3 aliphatic heterocycles. The van der Waals surface area contributed by atoms with Crippen LogP contribution >= 0.6 is 23.2 Å². The van der Waals surface area contributed by atoms with Crippen LogP contribution in [0.3, 0.4) is 0 Å². The van der Waals surface area contributed by atoms with Crippen molar-refractivity contribution in [2.75, 3.05) is 31.5 Å². The largest absolute Gasteiger partial charge is 0.339 e. The highest BCUT2D eigenvalue weighted by Gasteiger charge is 2.66. The lowest BCUT2D eigenvalue weighted by molar-refractivity contribution is -0.140.